The van der Waals surface area contributed by atoms with Crippen molar-refractivity contribution in [3.05, 3.63) is 126 Å². The van der Waals surface area contributed by atoms with E-state index in [9.17, 15) is 0 Å². The second-order valence-corrected chi connectivity index (χ2v) is 13.0. The predicted molar refractivity (Wildman–Crippen MR) is 133 cm³/mol. The van der Waals surface area contributed by atoms with E-state index in [2.05, 4.69) is 136 Å². The fourth-order valence-electron chi connectivity index (χ4n) is 4.40. The first-order chi connectivity index (χ1) is 14.5. The minimum atomic E-state index is -2.23. The predicted octanol–water partition coefficient (Wildman–Crippen LogP) is 5.24. The van der Waals surface area contributed by atoms with Gasteiger partial charge in [-0.2, -0.15) is 0 Å². The topological polar surface area (TPSA) is 0 Å². The Hall–Kier alpha value is -2.90. The molecule has 30 heavy (non-hydrogen) atoms. The van der Waals surface area contributed by atoms with Crippen LogP contribution in [0.4, 0.5) is 0 Å². The van der Waals surface area contributed by atoms with Crippen molar-refractivity contribution in [1.82, 2.24) is 0 Å². The Kier molecular flexibility index (Phi) is 5.74. The van der Waals surface area contributed by atoms with Gasteiger partial charge in [-0.05, 0) is 38.1 Å². The molecule has 150 valence electrons. The average molecular weight is 407 g/mol. The molecule has 0 aromatic heterocycles. The molecule has 4 aromatic carbocycles. The van der Waals surface area contributed by atoms with Crippen molar-refractivity contribution in [3.63, 3.8) is 0 Å². The van der Waals surface area contributed by atoms with Crippen molar-refractivity contribution in [3.8, 4) is 0 Å². The molecule has 0 atom stereocenters. The Morgan fingerprint density at radius 2 is 0.867 bits per heavy atom. The van der Waals surface area contributed by atoms with Gasteiger partial charge < -0.3 is 0 Å². The molecule has 1 heteroatoms. The Labute approximate surface area is 182 Å². The van der Waals surface area contributed by atoms with Crippen molar-refractivity contribution in [1.29, 1.82) is 0 Å². The zero-order chi connectivity index (χ0) is 21.0. The first-order valence-corrected chi connectivity index (χ1v) is 13.0. The lowest BCUT2D eigenvalue weighted by Gasteiger charge is -2.34. The third kappa shape index (κ3) is 4.03. The van der Waals surface area contributed by atoms with Crippen molar-refractivity contribution >= 4 is 23.6 Å². The van der Waals surface area contributed by atoms with Gasteiger partial charge in [0.2, 0.25) is 0 Å². The summed E-state index contributed by atoms with van der Waals surface area (Å²) in [6, 6.07) is 43.8. The molecule has 0 aliphatic carbocycles. The fraction of sp³-hybridized carbons (Fsp3) is 0.172. The van der Waals surface area contributed by atoms with Crippen LogP contribution < -0.4 is 15.6 Å². The summed E-state index contributed by atoms with van der Waals surface area (Å²) in [6.45, 7) is 6.83. The van der Waals surface area contributed by atoms with Gasteiger partial charge >= 0.3 is 0 Å². The summed E-state index contributed by atoms with van der Waals surface area (Å²) in [5, 5.41) is 4.38. The molecule has 4 rings (SSSR count). The van der Waals surface area contributed by atoms with Crippen molar-refractivity contribution in [2.45, 2.75) is 32.2 Å². The first-order valence-electron chi connectivity index (χ1n) is 10.8. The zero-order valence-corrected chi connectivity index (χ0v) is 19.2. The molecule has 0 fully saturated rings. The quantitative estimate of drug-likeness (QED) is 0.314. The summed E-state index contributed by atoms with van der Waals surface area (Å²) in [7, 11) is -2.23. The molecule has 0 saturated heterocycles. The van der Waals surface area contributed by atoms with Crippen LogP contribution in [0.1, 0.15) is 31.9 Å². The van der Waals surface area contributed by atoms with Gasteiger partial charge in [-0.25, -0.2) is 0 Å². The standard InChI is InChI=1S/C29H30Si/c1-29(2,3)25-21-19-24(20-22-25)23-30(26-13-7-4-8-14-26,27-15-9-5-10-16-27)28-17-11-6-12-18-28/h4-22H,23H2,1-3H3. The molecule has 0 spiro atoms. The number of hydrogen-bond acceptors (Lipinski definition) is 0. The molecule has 0 radical (unpaired) electrons. The van der Waals surface area contributed by atoms with Crippen LogP contribution in [0.5, 0.6) is 0 Å². The molecule has 4 aromatic rings. The van der Waals surface area contributed by atoms with Crippen LogP contribution in [0.25, 0.3) is 0 Å². The van der Waals surface area contributed by atoms with Gasteiger partial charge in [0.1, 0.15) is 0 Å². The normalized spacial score (nSPS) is 12.0. The largest absolute Gasteiger partial charge is 0.152 e. The third-order valence-electron chi connectivity index (χ3n) is 6.09. The maximum Gasteiger partial charge on any atom is 0.152 e. The second kappa shape index (κ2) is 8.45. The second-order valence-electron chi connectivity index (χ2n) is 9.13. The van der Waals surface area contributed by atoms with Gasteiger partial charge in [0.25, 0.3) is 0 Å². The van der Waals surface area contributed by atoms with E-state index in [0.717, 1.165) is 6.04 Å². The lowest BCUT2D eigenvalue weighted by Crippen LogP contribution is -2.68. The van der Waals surface area contributed by atoms with Crippen LogP contribution in [0.2, 0.25) is 0 Å². The van der Waals surface area contributed by atoms with Crippen LogP contribution >= 0.6 is 0 Å². The van der Waals surface area contributed by atoms with Gasteiger partial charge in [-0.3, -0.25) is 0 Å². The van der Waals surface area contributed by atoms with E-state index >= 15 is 0 Å². The molecule has 0 amide bonds. The highest BCUT2D eigenvalue weighted by Gasteiger charge is 2.39. The van der Waals surface area contributed by atoms with Gasteiger partial charge in [-0.1, -0.05) is 136 Å². The van der Waals surface area contributed by atoms with Gasteiger partial charge in [0.15, 0.2) is 8.07 Å². The molecule has 0 unspecified atom stereocenters. The first kappa shape index (κ1) is 20.4. The van der Waals surface area contributed by atoms with Crippen LogP contribution in [0.3, 0.4) is 0 Å². The van der Waals surface area contributed by atoms with E-state index in [4.69, 9.17) is 0 Å². The Bertz CT molecular complexity index is 963. The van der Waals surface area contributed by atoms with Crippen LogP contribution in [-0.2, 0) is 11.5 Å². The maximum absolute atomic E-state index is 2.34. The van der Waals surface area contributed by atoms with E-state index in [1.165, 1.54) is 26.7 Å². The monoisotopic (exact) mass is 406 g/mol. The summed E-state index contributed by atoms with van der Waals surface area (Å²) in [4.78, 5) is 0. The SMILES string of the molecule is CC(C)(C)c1ccc(C[Si](c2ccccc2)(c2ccccc2)c2ccccc2)cc1. The van der Waals surface area contributed by atoms with E-state index in [-0.39, 0.29) is 5.41 Å². The lowest BCUT2D eigenvalue weighted by atomic mass is 9.87. The van der Waals surface area contributed by atoms with E-state index in [1.807, 2.05) is 0 Å². The molecular weight excluding hydrogens is 376 g/mol. The number of hydrogen-bond donors (Lipinski definition) is 0. The Morgan fingerprint density at radius 1 is 0.500 bits per heavy atom. The maximum atomic E-state index is 2.34. The molecule has 0 N–H and O–H groups in total. The minimum absolute atomic E-state index is 0.172. The number of benzene rings is 4. The lowest BCUT2D eigenvalue weighted by molar-refractivity contribution is 0.590. The smallest absolute Gasteiger partial charge is 0.0624 e. The van der Waals surface area contributed by atoms with Crippen molar-refractivity contribution in [2.24, 2.45) is 0 Å². The summed E-state index contributed by atoms with van der Waals surface area (Å²) in [5.74, 6) is 0. The van der Waals surface area contributed by atoms with Crippen molar-refractivity contribution in [2.75, 3.05) is 0 Å². The van der Waals surface area contributed by atoms with Crippen LogP contribution in [-0.4, -0.2) is 8.07 Å². The van der Waals surface area contributed by atoms with Crippen molar-refractivity contribution < 1.29 is 0 Å². The van der Waals surface area contributed by atoms with Crippen LogP contribution in [0.15, 0.2) is 115 Å². The molecule has 0 aliphatic heterocycles. The summed E-state index contributed by atoms with van der Waals surface area (Å²) < 4.78 is 0. The van der Waals surface area contributed by atoms with E-state index in [1.54, 1.807) is 0 Å². The van der Waals surface area contributed by atoms with E-state index < -0.39 is 8.07 Å². The molecule has 0 aliphatic rings. The molecule has 0 bridgehead atoms. The minimum Gasteiger partial charge on any atom is -0.0624 e. The highest BCUT2D eigenvalue weighted by Crippen LogP contribution is 2.23. The van der Waals surface area contributed by atoms with E-state index in [0.29, 0.717) is 0 Å². The fourth-order valence-corrected chi connectivity index (χ4v) is 9.15. The highest BCUT2D eigenvalue weighted by molar-refractivity contribution is 7.11. The van der Waals surface area contributed by atoms with Gasteiger partial charge in [0, 0.05) is 0 Å². The Balaban J connectivity index is 1.91. The molecule has 0 nitrogen and oxygen atoms in total. The molecule has 0 heterocycles. The average Bonchev–Trinajstić information content (AvgIpc) is 2.79. The van der Waals surface area contributed by atoms with Gasteiger partial charge in [0.05, 0.1) is 0 Å². The van der Waals surface area contributed by atoms with Gasteiger partial charge in [-0.15, -0.1) is 0 Å². The highest BCUT2D eigenvalue weighted by atomic mass is 28.3. The Morgan fingerprint density at radius 3 is 1.20 bits per heavy atom. The summed E-state index contributed by atoms with van der Waals surface area (Å²) in [5.41, 5.74) is 2.97. The van der Waals surface area contributed by atoms with Crippen LogP contribution in [0, 0.1) is 0 Å². The summed E-state index contributed by atoms with van der Waals surface area (Å²) >= 11 is 0. The molecular formula is C29H30Si. The summed E-state index contributed by atoms with van der Waals surface area (Å²) in [6.07, 6.45) is 0. The third-order valence-corrected chi connectivity index (χ3v) is 11.0. The zero-order valence-electron chi connectivity index (χ0n) is 18.2. The number of rotatable bonds is 5. The molecule has 0 saturated carbocycles.